The number of pyridine rings is 4. The Bertz CT molecular complexity index is 3190. The van der Waals surface area contributed by atoms with Gasteiger partial charge in [0, 0.05) is 52.1 Å². The Balaban J connectivity index is 0.000000169. The van der Waals surface area contributed by atoms with E-state index in [2.05, 4.69) is 122 Å². The van der Waals surface area contributed by atoms with Crippen molar-refractivity contribution in [1.29, 1.82) is 0 Å². The van der Waals surface area contributed by atoms with Gasteiger partial charge in [-0.05, 0) is 79.4 Å². The van der Waals surface area contributed by atoms with Gasteiger partial charge in [-0.1, -0.05) is 70.3 Å². The summed E-state index contributed by atoms with van der Waals surface area (Å²) in [6.07, 6.45) is 10.2. The van der Waals surface area contributed by atoms with E-state index in [1.807, 2.05) is 61.5 Å². The number of rotatable bonds is 6. The molecule has 59 heavy (non-hydrogen) atoms. The second-order valence-electron chi connectivity index (χ2n) is 14.7. The summed E-state index contributed by atoms with van der Waals surface area (Å²) in [5, 5.41) is 9.12. The van der Waals surface area contributed by atoms with Crippen molar-refractivity contribution in [1.82, 2.24) is 28.7 Å². The van der Waals surface area contributed by atoms with Crippen LogP contribution in [0, 0.1) is 25.1 Å². The van der Waals surface area contributed by atoms with Gasteiger partial charge in [0.15, 0.2) is 0 Å². The molecule has 0 atom stereocenters. The predicted molar refractivity (Wildman–Crippen MR) is 233 cm³/mol. The molecule has 12 rings (SSSR count). The van der Waals surface area contributed by atoms with E-state index in [-0.39, 0.29) is 20.1 Å². The average molecular weight is 940 g/mol. The zero-order chi connectivity index (χ0) is 38.6. The largest absolute Gasteiger partial charge is 3.00 e. The van der Waals surface area contributed by atoms with Crippen molar-refractivity contribution in [3.8, 4) is 11.3 Å². The monoisotopic (exact) mass is 940 g/mol. The predicted octanol–water partition coefficient (Wildman–Crippen LogP) is 11.9. The fourth-order valence-corrected chi connectivity index (χ4v) is 8.36. The number of unbranched alkanes of at least 4 members (excludes halogenated alkanes) is 1. The van der Waals surface area contributed by atoms with E-state index in [1.165, 1.54) is 32.6 Å². The van der Waals surface area contributed by atoms with Crippen LogP contribution in [-0.4, -0.2) is 28.7 Å². The van der Waals surface area contributed by atoms with E-state index in [1.54, 1.807) is 6.20 Å². The van der Waals surface area contributed by atoms with Gasteiger partial charge in [0.1, 0.15) is 0 Å². The summed E-state index contributed by atoms with van der Waals surface area (Å²) >= 11 is 0. The summed E-state index contributed by atoms with van der Waals surface area (Å²) in [5.74, 6) is 0. The molecule has 0 bridgehead atoms. The molecule has 0 spiro atoms. The summed E-state index contributed by atoms with van der Waals surface area (Å²) in [6.45, 7) is 1.96. The fourth-order valence-electron chi connectivity index (χ4n) is 8.36. The standard InChI is InChI=1S/C34H24N4.C17H11N2O.Ir/c1(11-23-21-37-31-19-9-7-15-27(31)25-13-3-5-17-29(25)33(37)35-23)2-12-24-22-38-32-20-10-8-16-28(32)26-14-4-6-18-30(26)34(38)36-24;1-11-8-9-13-12-5-4-6-14(15-7-2-3-10-18-15)16(12)20-17(13)19-11;/h3-10,13-16,19-22H,1-2,11-12H2;2-5,7-10H,1H3;/q-2;-1;+3. The zero-order valence-electron chi connectivity index (χ0n) is 32.1. The number of fused-ring (bicyclic) bond motifs is 15. The minimum Gasteiger partial charge on any atom is -0.486 e. The Morgan fingerprint density at radius 3 is 1.75 bits per heavy atom. The Morgan fingerprint density at radius 2 is 1.14 bits per heavy atom. The van der Waals surface area contributed by atoms with Crippen molar-refractivity contribution in [3.05, 3.63) is 181 Å². The molecule has 5 aromatic carbocycles. The van der Waals surface area contributed by atoms with Crippen LogP contribution in [0.15, 0.2) is 150 Å². The Kier molecular flexibility index (Phi) is 9.44. The second-order valence-corrected chi connectivity index (χ2v) is 14.7. The molecule has 0 saturated heterocycles. The van der Waals surface area contributed by atoms with Crippen LogP contribution in [0.2, 0.25) is 0 Å². The van der Waals surface area contributed by atoms with E-state index in [0.717, 1.165) is 92.4 Å². The van der Waals surface area contributed by atoms with E-state index in [4.69, 9.17) is 14.4 Å². The van der Waals surface area contributed by atoms with Gasteiger partial charge in [-0.15, -0.1) is 77.5 Å². The Hall–Kier alpha value is -6.73. The molecule has 7 heterocycles. The maximum absolute atomic E-state index is 5.94. The van der Waals surface area contributed by atoms with Crippen molar-refractivity contribution in [2.75, 3.05) is 0 Å². The van der Waals surface area contributed by atoms with Crippen LogP contribution in [0.3, 0.4) is 0 Å². The van der Waals surface area contributed by atoms with Crippen molar-refractivity contribution in [3.63, 3.8) is 0 Å². The maximum Gasteiger partial charge on any atom is 3.00 e. The number of imidazole rings is 2. The molecule has 7 aromatic heterocycles. The number of furan rings is 1. The third-order valence-corrected chi connectivity index (χ3v) is 11.1. The minimum atomic E-state index is 0. The van der Waals surface area contributed by atoms with Crippen LogP contribution >= 0.6 is 0 Å². The molecule has 0 N–H and O–H groups in total. The van der Waals surface area contributed by atoms with Crippen LogP contribution in [-0.2, 0) is 32.9 Å². The Morgan fingerprint density at radius 1 is 0.542 bits per heavy atom. The zero-order valence-corrected chi connectivity index (χ0v) is 34.5. The van der Waals surface area contributed by atoms with Crippen molar-refractivity contribution < 1.29 is 24.5 Å². The number of para-hydroxylation sites is 2. The molecule has 0 amide bonds. The van der Waals surface area contributed by atoms with Crippen molar-refractivity contribution in [2.45, 2.75) is 32.6 Å². The molecular weight excluding hydrogens is 905 g/mol. The Labute approximate surface area is 353 Å². The summed E-state index contributed by atoms with van der Waals surface area (Å²) in [6, 6.07) is 53.3. The number of benzene rings is 5. The van der Waals surface area contributed by atoms with Gasteiger partial charge in [0.05, 0.1) is 16.9 Å². The number of hydrogen-bond donors (Lipinski definition) is 0. The first kappa shape index (κ1) is 36.6. The van der Waals surface area contributed by atoms with Gasteiger partial charge in [-0.25, -0.2) is 4.98 Å². The van der Waals surface area contributed by atoms with Crippen LogP contribution in [0.5, 0.6) is 0 Å². The van der Waals surface area contributed by atoms with Gasteiger partial charge in [-0.3, -0.25) is 9.97 Å². The van der Waals surface area contributed by atoms with Crippen molar-refractivity contribution >= 4 is 76.7 Å². The van der Waals surface area contributed by atoms with Gasteiger partial charge in [0.2, 0.25) is 5.71 Å². The van der Waals surface area contributed by atoms with E-state index in [9.17, 15) is 0 Å². The van der Waals surface area contributed by atoms with Crippen LogP contribution in [0.4, 0.5) is 0 Å². The molecule has 0 aliphatic rings. The molecule has 0 saturated carbocycles. The number of aromatic nitrogens is 6. The SMILES string of the molecule is Cc1ccc2c(n1)oc1c(-c3ccccn3)[c-]ccc12.[Ir+3].[c-]1cccc2c1c1nc(CCCCc3cn4c5ccccc5c5ccc[c-]c5c4n3)cn1c1ccccc21. The van der Waals surface area contributed by atoms with Crippen LogP contribution in [0.1, 0.15) is 29.9 Å². The molecule has 0 aliphatic carbocycles. The van der Waals surface area contributed by atoms with Crippen LogP contribution < -0.4 is 0 Å². The summed E-state index contributed by atoms with van der Waals surface area (Å²) in [7, 11) is 0. The molecule has 8 heteroatoms. The molecule has 7 nitrogen and oxygen atoms in total. The van der Waals surface area contributed by atoms with Gasteiger partial charge in [-0.2, -0.15) is 0 Å². The molecule has 0 aliphatic heterocycles. The third kappa shape index (κ3) is 6.42. The second kappa shape index (κ2) is 15.2. The number of aryl methyl sites for hydroxylation is 3. The van der Waals surface area contributed by atoms with E-state index in [0.29, 0.717) is 5.71 Å². The van der Waals surface area contributed by atoms with Gasteiger partial charge in [0.25, 0.3) is 0 Å². The number of nitrogens with zero attached hydrogens (tertiary/aromatic N) is 6. The first-order valence-corrected chi connectivity index (χ1v) is 19.7. The van der Waals surface area contributed by atoms with Crippen LogP contribution in [0.25, 0.3) is 88.0 Å². The topological polar surface area (TPSA) is 73.5 Å². The first-order chi connectivity index (χ1) is 28.7. The third-order valence-electron chi connectivity index (χ3n) is 11.1. The normalized spacial score (nSPS) is 11.6. The fraction of sp³-hybridized carbons (Fsp3) is 0.0980. The summed E-state index contributed by atoms with van der Waals surface area (Å²) < 4.78 is 10.4. The minimum absolute atomic E-state index is 0. The summed E-state index contributed by atoms with van der Waals surface area (Å²) in [4.78, 5) is 18.9. The van der Waals surface area contributed by atoms with Gasteiger partial charge >= 0.3 is 20.1 Å². The molecule has 0 radical (unpaired) electrons. The summed E-state index contributed by atoms with van der Waals surface area (Å²) in [5.41, 5.74) is 10.7. The van der Waals surface area contributed by atoms with Crippen molar-refractivity contribution in [2.24, 2.45) is 0 Å². The number of hydrogen-bond acceptors (Lipinski definition) is 5. The first-order valence-electron chi connectivity index (χ1n) is 19.7. The van der Waals surface area contributed by atoms with E-state index >= 15 is 0 Å². The molecular formula is C51H35IrN6O. The van der Waals surface area contributed by atoms with Gasteiger partial charge < -0.3 is 18.2 Å². The molecule has 284 valence electrons. The van der Waals surface area contributed by atoms with E-state index < -0.39 is 0 Å². The quantitative estimate of drug-likeness (QED) is 0.0943. The maximum atomic E-state index is 5.94. The average Bonchev–Trinajstić information content (AvgIpc) is 4.02. The molecule has 0 fully saturated rings. The molecule has 12 aromatic rings. The molecule has 0 unspecified atom stereocenters. The smallest absolute Gasteiger partial charge is 0.486 e.